The van der Waals surface area contributed by atoms with Crippen molar-refractivity contribution in [2.45, 2.75) is 157 Å². The first-order valence-electron chi connectivity index (χ1n) is 26.7. The number of nitrogens with one attached hydrogen (secondary N) is 6. The lowest BCUT2D eigenvalue weighted by Gasteiger charge is -2.32. The Balaban J connectivity index is 1.35. The summed E-state index contributed by atoms with van der Waals surface area (Å²) < 4.78 is 2.95. The largest absolute Gasteiger partial charge is 0.508 e. The number of aromatic hydroxyl groups is 2. The Labute approximate surface area is 476 Å². The van der Waals surface area contributed by atoms with Crippen LogP contribution in [0.4, 0.5) is 0 Å². The number of unbranched alkanes of at least 4 members (excludes halogenated alkanes) is 2. The number of aliphatic carboxylic acids is 1. The van der Waals surface area contributed by atoms with Gasteiger partial charge >= 0.3 is 5.97 Å². The molecule has 2 aromatic carbocycles. The number of amides is 8. The number of carbonyl (C=O) groups excluding carboxylic acids is 8. The number of phenolic OH excluding ortho intramolecular Hbond substituents is 2. The minimum atomic E-state index is -1.85. The van der Waals surface area contributed by atoms with Crippen LogP contribution in [0.1, 0.15) is 82.3 Å². The van der Waals surface area contributed by atoms with Crippen LogP contribution in [0.2, 0.25) is 0 Å². The third kappa shape index (κ3) is 17.9. The minimum Gasteiger partial charge on any atom is -0.508 e. The molecule has 0 spiro atoms. The molecular weight excluding hydrogens is 1160 g/mol. The summed E-state index contributed by atoms with van der Waals surface area (Å²) in [6, 6.07) is -1.39. The second-order valence-electron chi connectivity index (χ2n) is 20.4. The number of hydrogen-bond acceptors (Lipinski definition) is 18. The Morgan fingerprint density at radius 2 is 1.04 bits per heavy atom. The fraction of sp³-hybridized carbons (Fsp3) is 0.596. The van der Waals surface area contributed by atoms with E-state index in [9.17, 15) is 78.9 Å². The Bertz CT molecular complexity index is 2460. The molecule has 3 heterocycles. The Kier molecular flexibility index (Phi) is 25.1. The number of carboxylic acids is 1. The molecule has 0 aliphatic carbocycles. The summed E-state index contributed by atoms with van der Waals surface area (Å²) in [7, 11) is 0. The molecule has 3 aliphatic rings. The molecule has 442 valence electrons. The van der Waals surface area contributed by atoms with Gasteiger partial charge in [0, 0.05) is 68.2 Å². The van der Waals surface area contributed by atoms with E-state index in [0.717, 1.165) is 16.7 Å². The van der Waals surface area contributed by atoms with E-state index in [1.54, 1.807) is 0 Å². The minimum absolute atomic E-state index is 0.0303. The number of nitrogens with two attached hydrogens (primary N) is 2. The lowest BCUT2D eigenvalue weighted by atomic mass is 10.0. The van der Waals surface area contributed by atoms with Gasteiger partial charge in [0.05, 0.1) is 31.0 Å². The van der Waals surface area contributed by atoms with Crippen LogP contribution < -0.4 is 41.6 Å². The summed E-state index contributed by atoms with van der Waals surface area (Å²) in [5.41, 5.74) is 12.0. The molecule has 3 fully saturated rings. The molecule has 2 aromatic rings. The molecule has 8 amide bonds. The van der Waals surface area contributed by atoms with E-state index in [1.807, 2.05) is 22.9 Å². The van der Waals surface area contributed by atoms with Gasteiger partial charge in [-0.05, 0) is 100 Å². The highest BCUT2D eigenvalue weighted by atomic mass is 127. The lowest BCUT2D eigenvalue weighted by molar-refractivity contribution is -0.145. The molecule has 0 unspecified atom stereocenters. The van der Waals surface area contributed by atoms with Crippen LogP contribution in [-0.2, 0) is 56.0 Å². The Morgan fingerprint density at radius 3 is 1.49 bits per heavy atom. The first kappa shape index (κ1) is 64.5. The molecule has 0 aromatic heterocycles. The molecule has 28 heteroatoms. The van der Waals surface area contributed by atoms with Crippen LogP contribution in [0, 0.1) is 0 Å². The normalized spacial score (nSPS) is 21.6. The average molecular weight is 1240 g/mol. The van der Waals surface area contributed by atoms with Gasteiger partial charge in [-0.25, -0.2) is 8.32 Å². The van der Waals surface area contributed by atoms with E-state index in [1.165, 1.54) is 53.4 Å². The van der Waals surface area contributed by atoms with E-state index in [0.29, 0.717) is 56.2 Å². The highest BCUT2D eigenvalue weighted by Gasteiger charge is 2.46. The zero-order chi connectivity index (χ0) is 58.8. The maximum atomic E-state index is 14.7. The van der Waals surface area contributed by atoms with Crippen LogP contribution >= 0.6 is 22.9 Å². The van der Waals surface area contributed by atoms with E-state index in [-0.39, 0.29) is 62.6 Å². The van der Waals surface area contributed by atoms with Crippen LogP contribution in [0.15, 0.2) is 48.5 Å². The fourth-order valence-electron chi connectivity index (χ4n) is 10.0. The zero-order valence-corrected chi connectivity index (χ0v) is 46.6. The quantitative estimate of drug-likeness (QED) is 0.0211. The van der Waals surface area contributed by atoms with Crippen molar-refractivity contribution in [1.82, 2.24) is 44.8 Å². The van der Waals surface area contributed by atoms with E-state index < -0.39 is 146 Å². The predicted molar refractivity (Wildman–Crippen MR) is 293 cm³/mol. The summed E-state index contributed by atoms with van der Waals surface area (Å²) in [4.78, 5) is 128. The summed E-state index contributed by atoms with van der Waals surface area (Å²) in [5.74, 6) is -8.54. The van der Waals surface area contributed by atoms with Gasteiger partial charge < -0.3 is 88.5 Å². The molecule has 3 saturated heterocycles. The molecular formula is C52H76IN11O16. The smallest absolute Gasteiger partial charge is 0.326 e. The number of carbonyl (C=O) groups is 9. The molecule has 0 saturated carbocycles. The van der Waals surface area contributed by atoms with Gasteiger partial charge in [-0.2, -0.15) is 0 Å². The van der Waals surface area contributed by atoms with Gasteiger partial charge in [-0.15, -0.1) is 0 Å². The van der Waals surface area contributed by atoms with Gasteiger partial charge in [-0.1, -0.05) is 30.7 Å². The summed E-state index contributed by atoms with van der Waals surface area (Å²) >= 11 is 1.87. The zero-order valence-electron chi connectivity index (χ0n) is 44.5. The van der Waals surface area contributed by atoms with Crippen molar-refractivity contribution in [3.63, 3.8) is 0 Å². The predicted octanol–water partition coefficient (Wildman–Crippen LogP) is -3.75. The number of rotatable bonds is 29. The third-order valence-corrected chi connectivity index (χ3v) is 15.1. The molecule has 80 heavy (non-hydrogen) atoms. The monoisotopic (exact) mass is 1240 g/mol. The molecule has 17 N–H and O–H groups in total. The van der Waals surface area contributed by atoms with Crippen molar-refractivity contribution in [3.8, 4) is 11.5 Å². The average Bonchev–Trinajstić information content (AvgIpc) is 4.19. The van der Waals surface area contributed by atoms with Crippen molar-refractivity contribution in [3.05, 3.63) is 59.7 Å². The number of halogens is 1. The SMILES string of the molecule is C[C@@H](O)[C@H](NC(=O)[C@@H]1C[C@@H](O)CN1C(=O)[C@H](Cc1ccc(O)cc1)NC(=O)[C@H](CO)NC(=O)[C@@H]1CCCN1C(=O)[C@H](CCCCN)NI)C(=O)N[C@@H](Cc1ccc(O)cc1)C(=O)N1C[C@H](O)C[C@H]1C(=O)N[C@@H](CCCCN)C(=O)O. The summed E-state index contributed by atoms with van der Waals surface area (Å²) in [6.45, 7) is 0.361. The van der Waals surface area contributed by atoms with Gasteiger partial charge in [0.1, 0.15) is 59.8 Å². The molecule has 3 aliphatic heterocycles. The number of benzene rings is 2. The number of aliphatic hydroxyl groups excluding tert-OH is 4. The van der Waals surface area contributed by atoms with E-state index >= 15 is 0 Å². The van der Waals surface area contributed by atoms with Gasteiger partial charge in [0.25, 0.3) is 0 Å². The fourth-order valence-corrected chi connectivity index (χ4v) is 10.6. The molecule has 5 rings (SSSR count). The van der Waals surface area contributed by atoms with E-state index in [4.69, 9.17) is 11.5 Å². The summed E-state index contributed by atoms with van der Waals surface area (Å²) in [5, 5.41) is 85.4. The molecule has 27 nitrogen and oxygen atoms in total. The maximum Gasteiger partial charge on any atom is 0.326 e. The number of β-amino-alcohol motifs (C(OH)–C–C–N with tert-alkyl or cyclic N) is 2. The summed E-state index contributed by atoms with van der Waals surface area (Å²) in [6.07, 6.45) is -2.03. The third-order valence-electron chi connectivity index (χ3n) is 14.4. The number of aliphatic hydroxyl groups is 4. The molecule has 0 radical (unpaired) electrons. The topological polar surface area (TPSA) is 429 Å². The standard InChI is InChI=1S/C52H76IN11O16/c1-28(66)43(48(75)58-38(22-30-12-16-32(68)17-13-30)51(78)63-25-33(69)23-41(63)46(73)56-36(52(79)80)8-3-5-19-55)60-47(74)42-24-34(70)26-64(42)50(77)37(21-29-10-14-31(67)15-11-29)57-44(71)39(27-65)59-45(72)40-9-6-20-62(40)49(76)35(61-53)7-2-4-18-54/h10-17,28,33-43,61,65-70H,2-9,18-27,54-55H2,1H3,(H,56,73)(H,57,71)(H,58,75)(H,59,72)(H,60,74)(H,79,80)/t28-,33-,34-,35+,36+,37+,38+,39+,40+,41+,42+,43+/m1/s1. The van der Waals surface area contributed by atoms with Crippen LogP contribution in [-0.4, -0.2) is 216 Å². The Hall–Kier alpha value is -6.28. The number of hydrogen-bond donors (Lipinski definition) is 15. The first-order valence-corrected chi connectivity index (χ1v) is 27.8. The van der Waals surface area contributed by atoms with Gasteiger partial charge in [-0.3, -0.25) is 38.4 Å². The van der Waals surface area contributed by atoms with Crippen molar-refractivity contribution in [1.29, 1.82) is 0 Å². The second-order valence-corrected chi connectivity index (χ2v) is 21.1. The van der Waals surface area contributed by atoms with Crippen LogP contribution in [0.25, 0.3) is 0 Å². The molecule has 0 bridgehead atoms. The van der Waals surface area contributed by atoms with Crippen LogP contribution in [0.3, 0.4) is 0 Å². The van der Waals surface area contributed by atoms with Crippen molar-refractivity contribution < 1.29 is 78.9 Å². The van der Waals surface area contributed by atoms with Gasteiger partial charge in [0.2, 0.25) is 47.3 Å². The van der Waals surface area contributed by atoms with Crippen molar-refractivity contribution in [2.24, 2.45) is 11.5 Å². The highest BCUT2D eigenvalue weighted by Crippen LogP contribution is 2.25. The lowest BCUT2D eigenvalue weighted by Crippen LogP contribution is -2.62. The first-order chi connectivity index (χ1) is 38.1. The van der Waals surface area contributed by atoms with Crippen LogP contribution in [0.5, 0.6) is 11.5 Å². The number of carboxylic acid groups (broad SMARTS) is 1. The van der Waals surface area contributed by atoms with E-state index in [2.05, 4.69) is 30.1 Å². The van der Waals surface area contributed by atoms with Gasteiger partial charge in [0.15, 0.2) is 0 Å². The molecule has 12 atom stereocenters. The number of phenols is 2. The van der Waals surface area contributed by atoms with Crippen molar-refractivity contribution >= 4 is 76.1 Å². The Morgan fingerprint density at radius 1 is 0.600 bits per heavy atom. The maximum absolute atomic E-state index is 14.7. The second kappa shape index (κ2) is 31.1. The number of nitrogens with zero attached hydrogens (tertiary/aromatic N) is 3. The number of likely N-dealkylation sites (tertiary alicyclic amines) is 3. The highest BCUT2D eigenvalue weighted by molar-refractivity contribution is 14.1. The van der Waals surface area contributed by atoms with Crippen molar-refractivity contribution in [2.75, 3.05) is 39.3 Å².